The summed E-state index contributed by atoms with van der Waals surface area (Å²) in [6.45, 7) is 11.4. The summed E-state index contributed by atoms with van der Waals surface area (Å²) in [6.07, 6.45) is 6.74. The van der Waals surface area contributed by atoms with Crippen LogP contribution >= 0.6 is 0 Å². The van der Waals surface area contributed by atoms with Crippen LogP contribution in [0.1, 0.15) is 27.2 Å². The van der Waals surface area contributed by atoms with Crippen LogP contribution in [0.4, 0.5) is 0 Å². The van der Waals surface area contributed by atoms with Crippen molar-refractivity contribution in [3.8, 4) is 0 Å². The number of ether oxygens (including phenoxy) is 2. The minimum Gasteiger partial charge on any atom is -0.490 e. The Balaban J connectivity index is 2.88. The molecule has 1 aliphatic rings. The molecule has 2 nitrogen and oxygen atoms in total. The van der Waals surface area contributed by atoms with Gasteiger partial charge < -0.3 is 9.47 Å². The van der Waals surface area contributed by atoms with Crippen LogP contribution in [0.15, 0.2) is 36.3 Å². The fourth-order valence-corrected chi connectivity index (χ4v) is 1.50. The van der Waals surface area contributed by atoms with Crippen LogP contribution < -0.4 is 0 Å². The van der Waals surface area contributed by atoms with Crippen molar-refractivity contribution in [1.82, 2.24) is 0 Å². The van der Waals surface area contributed by atoms with Crippen LogP contribution in [0, 0.1) is 5.41 Å². The molecule has 0 N–H and O–H groups in total. The van der Waals surface area contributed by atoms with Gasteiger partial charge in [0.2, 0.25) is 0 Å². The molecule has 0 radical (unpaired) electrons. The molecule has 0 aromatic rings. The van der Waals surface area contributed by atoms with Crippen molar-refractivity contribution >= 4 is 0 Å². The van der Waals surface area contributed by atoms with Crippen molar-refractivity contribution in [3.63, 3.8) is 0 Å². The van der Waals surface area contributed by atoms with Crippen LogP contribution in [0.25, 0.3) is 0 Å². The van der Waals surface area contributed by atoms with Crippen LogP contribution in [0.3, 0.4) is 0 Å². The third kappa shape index (κ3) is 3.46. The molecular formula is C13H20O2. The van der Waals surface area contributed by atoms with E-state index >= 15 is 0 Å². The third-order valence-corrected chi connectivity index (χ3v) is 2.34. The number of hydrogen-bond donors (Lipinski definition) is 0. The average Bonchev–Trinajstić information content (AvgIpc) is 2.16. The molecule has 0 aromatic carbocycles. The molecule has 0 aliphatic carbocycles. The lowest BCUT2D eigenvalue weighted by Crippen LogP contribution is -2.19. The maximum absolute atomic E-state index is 5.60. The van der Waals surface area contributed by atoms with Crippen LogP contribution in [-0.2, 0) is 9.47 Å². The molecular weight excluding hydrogens is 188 g/mol. The van der Waals surface area contributed by atoms with Gasteiger partial charge in [0.1, 0.15) is 0 Å². The Bertz CT molecular complexity index is 285. The Kier molecular flexibility index (Phi) is 4.01. The van der Waals surface area contributed by atoms with E-state index in [9.17, 15) is 0 Å². The van der Waals surface area contributed by atoms with Gasteiger partial charge >= 0.3 is 0 Å². The Morgan fingerprint density at radius 1 is 1.67 bits per heavy atom. The van der Waals surface area contributed by atoms with E-state index in [4.69, 9.17) is 9.47 Å². The van der Waals surface area contributed by atoms with Gasteiger partial charge in [0, 0.05) is 0 Å². The molecule has 2 heteroatoms. The zero-order valence-corrected chi connectivity index (χ0v) is 9.88. The minimum absolute atomic E-state index is 0.185. The molecule has 1 rings (SSSR count). The topological polar surface area (TPSA) is 18.5 Å². The van der Waals surface area contributed by atoms with Gasteiger partial charge in [0.25, 0.3) is 0 Å². The second kappa shape index (κ2) is 5.06. The van der Waals surface area contributed by atoms with E-state index in [-0.39, 0.29) is 5.41 Å². The van der Waals surface area contributed by atoms with E-state index in [1.165, 1.54) is 0 Å². The molecule has 0 fully saturated rings. The highest BCUT2D eigenvalue weighted by atomic mass is 16.5. The van der Waals surface area contributed by atoms with Crippen LogP contribution in [0.5, 0.6) is 0 Å². The Morgan fingerprint density at radius 3 is 2.93 bits per heavy atom. The zero-order valence-electron chi connectivity index (χ0n) is 9.88. The SMILES string of the molecule is C=C/C=C(/OCC)C1=CC(C)(C)CCO1. The lowest BCUT2D eigenvalue weighted by molar-refractivity contribution is 0.119. The molecule has 0 spiro atoms. The molecule has 0 saturated carbocycles. The molecule has 0 saturated heterocycles. The summed E-state index contributed by atoms with van der Waals surface area (Å²) in [5.41, 5.74) is 0.185. The first kappa shape index (κ1) is 11.9. The molecule has 84 valence electrons. The standard InChI is InChI=1S/C13H20O2/c1-5-7-11(14-6-2)12-10-13(3,4)8-9-15-12/h5,7,10H,1,6,8-9H2,2-4H3/b11-7+. The van der Waals surface area contributed by atoms with Crippen LogP contribution in [0.2, 0.25) is 0 Å². The van der Waals surface area contributed by atoms with Crippen molar-refractivity contribution in [3.05, 3.63) is 36.3 Å². The van der Waals surface area contributed by atoms with Crippen molar-refractivity contribution in [2.45, 2.75) is 27.2 Å². The van der Waals surface area contributed by atoms with E-state index < -0.39 is 0 Å². The fraction of sp³-hybridized carbons (Fsp3) is 0.538. The first-order chi connectivity index (χ1) is 7.09. The second-order valence-electron chi connectivity index (χ2n) is 4.30. The number of hydrogen-bond acceptors (Lipinski definition) is 2. The van der Waals surface area contributed by atoms with Gasteiger partial charge in [-0.3, -0.25) is 0 Å². The molecule has 0 aromatic heterocycles. The molecule has 0 amide bonds. The maximum atomic E-state index is 5.60. The summed E-state index contributed by atoms with van der Waals surface area (Å²) in [5, 5.41) is 0. The zero-order chi connectivity index (χ0) is 11.3. The van der Waals surface area contributed by atoms with E-state index in [2.05, 4.69) is 26.5 Å². The Hall–Kier alpha value is -1.18. The van der Waals surface area contributed by atoms with Gasteiger partial charge in [-0.1, -0.05) is 26.5 Å². The summed E-state index contributed by atoms with van der Waals surface area (Å²) in [5.74, 6) is 1.62. The Labute approximate surface area is 92.3 Å². The molecule has 1 heterocycles. The molecule has 1 aliphatic heterocycles. The molecule has 0 bridgehead atoms. The van der Waals surface area contributed by atoms with E-state index in [0.29, 0.717) is 6.61 Å². The van der Waals surface area contributed by atoms with Crippen molar-refractivity contribution in [2.24, 2.45) is 5.41 Å². The Morgan fingerprint density at radius 2 is 2.40 bits per heavy atom. The monoisotopic (exact) mass is 208 g/mol. The molecule has 0 unspecified atom stereocenters. The van der Waals surface area contributed by atoms with E-state index in [1.807, 2.05) is 13.0 Å². The highest BCUT2D eigenvalue weighted by Gasteiger charge is 2.23. The van der Waals surface area contributed by atoms with Crippen molar-refractivity contribution in [2.75, 3.05) is 13.2 Å². The van der Waals surface area contributed by atoms with Gasteiger partial charge in [0.15, 0.2) is 11.5 Å². The highest BCUT2D eigenvalue weighted by molar-refractivity contribution is 5.26. The molecule has 0 atom stereocenters. The van der Waals surface area contributed by atoms with Gasteiger partial charge in [-0.05, 0) is 30.9 Å². The average molecular weight is 208 g/mol. The third-order valence-electron chi connectivity index (χ3n) is 2.34. The quantitative estimate of drug-likeness (QED) is 0.520. The normalized spacial score (nSPS) is 20.2. The number of rotatable bonds is 4. The minimum atomic E-state index is 0.185. The van der Waals surface area contributed by atoms with Crippen molar-refractivity contribution in [1.29, 1.82) is 0 Å². The lowest BCUT2D eigenvalue weighted by Gasteiger charge is -2.28. The van der Waals surface area contributed by atoms with Gasteiger partial charge in [-0.15, -0.1) is 0 Å². The summed E-state index contributed by atoms with van der Waals surface area (Å²) in [7, 11) is 0. The largest absolute Gasteiger partial charge is 0.490 e. The number of allylic oxidation sites excluding steroid dienone is 3. The maximum Gasteiger partial charge on any atom is 0.160 e. The molecule has 15 heavy (non-hydrogen) atoms. The second-order valence-corrected chi connectivity index (χ2v) is 4.30. The smallest absolute Gasteiger partial charge is 0.160 e. The van der Waals surface area contributed by atoms with E-state index in [1.54, 1.807) is 6.08 Å². The summed E-state index contributed by atoms with van der Waals surface area (Å²) in [4.78, 5) is 0. The van der Waals surface area contributed by atoms with E-state index in [0.717, 1.165) is 24.5 Å². The highest BCUT2D eigenvalue weighted by Crippen LogP contribution is 2.31. The van der Waals surface area contributed by atoms with Crippen molar-refractivity contribution < 1.29 is 9.47 Å². The van der Waals surface area contributed by atoms with Gasteiger partial charge in [-0.2, -0.15) is 0 Å². The predicted molar refractivity (Wildman–Crippen MR) is 62.3 cm³/mol. The van der Waals surface area contributed by atoms with Gasteiger partial charge in [0.05, 0.1) is 13.2 Å². The first-order valence-electron chi connectivity index (χ1n) is 5.40. The van der Waals surface area contributed by atoms with Gasteiger partial charge in [-0.25, -0.2) is 0 Å². The lowest BCUT2D eigenvalue weighted by atomic mass is 9.87. The summed E-state index contributed by atoms with van der Waals surface area (Å²) in [6, 6.07) is 0. The predicted octanol–water partition coefficient (Wildman–Crippen LogP) is 3.42. The fourth-order valence-electron chi connectivity index (χ4n) is 1.50. The van der Waals surface area contributed by atoms with Crippen LogP contribution in [-0.4, -0.2) is 13.2 Å². The summed E-state index contributed by atoms with van der Waals surface area (Å²) >= 11 is 0. The first-order valence-corrected chi connectivity index (χ1v) is 5.40. The summed E-state index contributed by atoms with van der Waals surface area (Å²) < 4.78 is 11.1.